The van der Waals surface area contributed by atoms with Crippen molar-refractivity contribution in [2.45, 2.75) is 25.1 Å². The molecule has 1 aliphatic rings. The first kappa shape index (κ1) is 11.3. The van der Waals surface area contributed by atoms with Crippen LogP contribution in [0.5, 0.6) is 0 Å². The van der Waals surface area contributed by atoms with Crippen LogP contribution in [0.1, 0.15) is 30.0 Å². The van der Waals surface area contributed by atoms with Gasteiger partial charge < -0.3 is 11.1 Å². The van der Waals surface area contributed by atoms with Crippen LogP contribution in [-0.2, 0) is 6.18 Å². The third kappa shape index (κ3) is 2.00. The predicted molar refractivity (Wildman–Crippen MR) is 55.8 cm³/mol. The Kier molecular flexibility index (Phi) is 2.80. The second-order valence-corrected chi connectivity index (χ2v) is 3.96. The van der Waals surface area contributed by atoms with E-state index >= 15 is 0 Å². The van der Waals surface area contributed by atoms with Gasteiger partial charge in [0.1, 0.15) is 0 Å². The van der Waals surface area contributed by atoms with Gasteiger partial charge in [-0.25, -0.2) is 0 Å². The van der Waals surface area contributed by atoms with Crippen molar-refractivity contribution in [1.29, 1.82) is 0 Å². The molecule has 3 N–H and O–H groups in total. The molecular formula is C11H13F3N2. The van der Waals surface area contributed by atoms with Crippen LogP contribution in [-0.4, -0.2) is 6.54 Å². The van der Waals surface area contributed by atoms with Crippen LogP contribution >= 0.6 is 0 Å². The van der Waals surface area contributed by atoms with Gasteiger partial charge in [0.05, 0.1) is 5.56 Å². The van der Waals surface area contributed by atoms with E-state index in [0.717, 1.165) is 25.5 Å². The smallest absolute Gasteiger partial charge is 0.398 e. The molecule has 1 heterocycles. The first-order valence-corrected chi connectivity index (χ1v) is 5.19. The summed E-state index contributed by atoms with van der Waals surface area (Å²) in [5, 5.41) is 3.15. The van der Waals surface area contributed by atoms with E-state index in [-0.39, 0.29) is 11.7 Å². The summed E-state index contributed by atoms with van der Waals surface area (Å²) in [6.45, 7) is 0.834. The molecule has 0 aromatic heterocycles. The van der Waals surface area contributed by atoms with Crippen molar-refractivity contribution in [1.82, 2.24) is 5.32 Å². The second-order valence-electron chi connectivity index (χ2n) is 3.96. The van der Waals surface area contributed by atoms with Gasteiger partial charge in [0.25, 0.3) is 0 Å². The Balaban J connectivity index is 2.40. The van der Waals surface area contributed by atoms with E-state index < -0.39 is 11.7 Å². The second kappa shape index (κ2) is 3.97. The minimum absolute atomic E-state index is 0.0395. The molecule has 0 saturated carbocycles. The van der Waals surface area contributed by atoms with Crippen LogP contribution in [0.4, 0.5) is 18.9 Å². The lowest BCUT2D eigenvalue weighted by molar-refractivity contribution is -0.136. The molecule has 0 bridgehead atoms. The van der Waals surface area contributed by atoms with Gasteiger partial charge in [-0.3, -0.25) is 0 Å². The van der Waals surface area contributed by atoms with Crippen molar-refractivity contribution in [3.63, 3.8) is 0 Å². The van der Waals surface area contributed by atoms with Crippen LogP contribution in [0.15, 0.2) is 18.2 Å². The van der Waals surface area contributed by atoms with E-state index in [0.29, 0.717) is 5.56 Å². The molecule has 0 spiro atoms. The first-order valence-electron chi connectivity index (χ1n) is 5.19. The van der Waals surface area contributed by atoms with Gasteiger partial charge in [0, 0.05) is 11.7 Å². The number of para-hydroxylation sites is 1. The van der Waals surface area contributed by atoms with Gasteiger partial charge in [-0.05, 0) is 31.0 Å². The van der Waals surface area contributed by atoms with Gasteiger partial charge in [-0.15, -0.1) is 0 Å². The summed E-state index contributed by atoms with van der Waals surface area (Å²) in [6, 6.07) is 4.05. The van der Waals surface area contributed by atoms with E-state index in [1.807, 2.05) is 0 Å². The van der Waals surface area contributed by atoms with Crippen molar-refractivity contribution in [2.75, 3.05) is 12.3 Å². The average Bonchev–Trinajstić information content (AvgIpc) is 2.69. The number of nitrogens with two attached hydrogens (primary N) is 1. The molecule has 1 aliphatic heterocycles. The molecule has 5 heteroatoms. The number of rotatable bonds is 1. The van der Waals surface area contributed by atoms with Gasteiger partial charge in [-0.2, -0.15) is 13.2 Å². The average molecular weight is 230 g/mol. The summed E-state index contributed by atoms with van der Waals surface area (Å²) in [6.07, 6.45) is -2.56. The highest BCUT2D eigenvalue weighted by Gasteiger charge is 2.34. The number of halogens is 3. The van der Waals surface area contributed by atoms with Crippen LogP contribution in [0.2, 0.25) is 0 Å². The molecule has 0 radical (unpaired) electrons. The normalized spacial score (nSPS) is 21.3. The molecule has 0 aliphatic carbocycles. The molecular weight excluding hydrogens is 217 g/mol. The zero-order chi connectivity index (χ0) is 11.8. The SMILES string of the molecule is Nc1c([C@@H]2CCCN2)cccc1C(F)(F)F. The van der Waals surface area contributed by atoms with E-state index in [9.17, 15) is 13.2 Å². The predicted octanol–water partition coefficient (Wildman–Crippen LogP) is 2.71. The minimum atomic E-state index is -4.38. The number of nitrogen functional groups attached to an aromatic ring is 1. The first-order chi connectivity index (χ1) is 7.50. The van der Waals surface area contributed by atoms with E-state index in [1.54, 1.807) is 6.07 Å². The molecule has 16 heavy (non-hydrogen) atoms. The Morgan fingerprint density at radius 2 is 2.06 bits per heavy atom. The lowest BCUT2D eigenvalue weighted by atomic mass is 9.99. The monoisotopic (exact) mass is 230 g/mol. The molecule has 1 aromatic carbocycles. The largest absolute Gasteiger partial charge is 0.418 e. The highest BCUT2D eigenvalue weighted by atomic mass is 19.4. The number of hydrogen-bond donors (Lipinski definition) is 2. The summed E-state index contributed by atoms with van der Waals surface area (Å²) in [7, 11) is 0. The van der Waals surface area contributed by atoms with Crippen molar-refractivity contribution in [3.8, 4) is 0 Å². The molecule has 0 amide bonds. The molecule has 0 unspecified atom stereocenters. The molecule has 88 valence electrons. The maximum atomic E-state index is 12.6. The quantitative estimate of drug-likeness (QED) is 0.728. The minimum Gasteiger partial charge on any atom is -0.398 e. The highest BCUT2D eigenvalue weighted by molar-refractivity contribution is 5.56. The van der Waals surface area contributed by atoms with Crippen molar-refractivity contribution >= 4 is 5.69 Å². The zero-order valence-corrected chi connectivity index (χ0v) is 8.64. The Morgan fingerprint density at radius 3 is 2.62 bits per heavy atom. The Bertz CT molecular complexity index is 381. The highest BCUT2D eigenvalue weighted by Crippen LogP contribution is 2.38. The van der Waals surface area contributed by atoms with E-state index in [2.05, 4.69) is 5.32 Å². The summed E-state index contributed by atoms with van der Waals surface area (Å²) < 4.78 is 37.8. The standard InChI is InChI=1S/C11H13F3N2/c12-11(13,14)8-4-1-3-7(10(8)15)9-5-2-6-16-9/h1,3-4,9,16H,2,5-6,15H2/t9-/m0/s1. The summed E-state index contributed by atoms with van der Waals surface area (Å²) in [4.78, 5) is 0. The fourth-order valence-corrected chi connectivity index (χ4v) is 2.08. The van der Waals surface area contributed by atoms with Crippen molar-refractivity contribution in [2.24, 2.45) is 0 Å². The van der Waals surface area contributed by atoms with E-state index in [1.165, 1.54) is 6.07 Å². The molecule has 1 atom stereocenters. The topological polar surface area (TPSA) is 38.0 Å². The maximum Gasteiger partial charge on any atom is 0.418 e. The number of nitrogens with one attached hydrogen (secondary N) is 1. The molecule has 1 fully saturated rings. The Morgan fingerprint density at radius 1 is 1.31 bits per heavy atom. The van der Waals surface area contributed by atoms with Crippen LogP contribution in [0.25, 0.3) is 0 Å². The van der Waals surface area contributed by atoms with Gasteiger partial charge in [-0.1, -0.05) is 12.1 Å². The third-order valence-corrected chi connectivity index (χ3v) is 2.88. The zero-order valence-electron chi connectivity index (χ0n) is 8.64. The van der Waals surface area contributed by atoms with Crippen LogP contribution in [0.3, 0.4) is 0 Å². The van der Waals surface area contributed by atoms with Crippen molar-refractivity contribution in [3.05, 3.63) is 29.3 Å². The number of alkyl halides is 3. The summed E-state index contributed by atoms with van der Waals surface area (Å²) in [5.41, 5.74) is 5.27. The third-order valence-electron chi connectivity index (χ3n) is 2.88. The lowest BCUT2D eigenvalue weighted by Crippen LogP contribution is -2.17. The van der Waals surface area contributed by atoms with Gasteiger partial charge in [0.2, 0.25) is 0 Å². The molecule has 2 nitrogen and oxygen atoms in total. The lowest BCUT2D eigenvalue weighted by Gasteiger charge is -2.17. The van der Waals surface area contributed by atoms with E-state index in [4.69, 9.17) is 5.73 Å². The number of benzene rings is 1. The Hall–Kier alpha value is -1.23. The fourth-order valence-electron chi connectivity index (χ4n) is 2.08. The van der Waals surface area contributed by atoms with Crippen LogP contribution < -0.4 is 11.1 Å². The molecule has 1 aromatic rings. The summed E-state index contributed by atoms with van der Waals surface area (Å²) in [5.74, 6) is 0. The Labute approximate surface area is 91.6 Å². The molecule has 2 rings (SSSR count). The number of anilines is 1. The molecule has 1 saturated heterocycles. The fraction of sp³-hybridized carbons (Fsp3) is 0.455. The van der Waals surface area contributed by atoms with Crippen LogP contribution in [0, 0.1) is 0 Å². The summed E-state index contributed by atoms with van der Waals surface area (Å²) >= 11 is 0. The van der Waals surface area contributed by atoms with Crippen molar-refractivity contribution < 1.29 is 13.2 Å². The number of hydrogen-bond acceptors (Lipinski definition) is 2. The van der Waals surface area contributed by atoms with Gasteiger partial charge in [0.15, 0.2) is 0 Å². The van der Waals surface area contributed by atoms with Gasteiger partial charge >= 0.3 is 6.18 Å². The maximum absolute atomic E-state index is 12.6.